The molecule has 0 bridgehead atoms. The highest BCUT2D eigenvalue weighted by Gasteiger charge is 2.54. The summed E-state index contributed by atoms with van der Waals surface area (Å²) in [5.41, 5.74) is -2.32. The molecule has 0 amide bonds. The van der Waals surface area contributed by atoms with Crippen molar-refractivity contribution in [2.45, 2.75) is 51.6 Å². The third-order valence-corrected chi connectivity index (χ3v) is 7.57. The number of fused-ring (bicyclic) bond motifs is 4. The van der Waals surface area contributed by atoms with E-state index in [0.29, 0.717) is 16.3 Å². The van der Waals surface area contributed by atoms with Gasteiger partial charge in [0, 0.05) is 30.2 Å². The maximum atomic E-state index is 12.2. The Labute approximate surface area is 233 Å². The molecule has 0 spiro atoms. The predicted molar refractivity (Wildman–Crippen MR) is 143 cm³/mol. The number of ether oxygens (including phenoxy) is 2. The van der Waals surface area contributed by atoms with Crippen LogP contribution in [-0.4, -0.2) is 52.0 Å². The first-order chi connectivity index (χ1) is 19.3. The van der Waals surface area contributed by atoms with Gasteiger partial charge in [-0.25, -0.2) is 0 Å². The first-order valence-corrected chi connectivity index (χ1v) is 12.8. The van der Waals surface area contributed by atoms with Crippen molar-refractivity contribution in [2.75, 3.05) is 13.2 Å². The van der Waals surface area contributed by atoms with E-state index in [1.165, 1.54) is 52.0 Å². The minimum atomic E-state index is -1.81. The van der Waals surface area contributed by atoms with Crippen molar-refractivity contribution in [3.63, 3.8) is 0 Å². The van der Waals surface area contributed by atoms with Crippen molar-refractivity contribution in [2.24, 2.45) is 0 Å². The molecule has 0 aliphatic heterocycles. The van der Waals surface area contributed by atoms with Crippen LogP contribution >= 0.6 is 0 Å². The number of carbonyl (C=O) groups is 4. The topological polar surface area (TPSA) is 174 Å². The van der Waals surface area contributed by atoms with Crippen molar-refractivity contribution in [3.05, 3.63) is 58.5 Å². The number of aliphatic hydroxyl groups is 1. The van der Waals surface area contributed by atoms with E-state index < -0.39 is 35.3 Å². The number of carbonyl (C=O) groups excluding carboxylic acids is 4. The number of furan rings is 2. The van der Waals surface area contributed by atoms with Gasteiger partial charge in [-0.05, 0) is 57.0 Å². The van der Waals surface area contributed by atoms with Gasteiger partial charge in [0.1, 0.15) is 47.4 Å². The van der Waals surface area contributed by atoms with Gasteiger partial charge >= 0.3 is 11.9 Å². The maximum Gasteiger partial charge on any atom is 0.302 e. The second-order valence-corrected chi connectivity index (χ2v) is 10.5. The molecule has 0 radical (unpaired) electrons. The molecule has 2 unspecified atom stereocenters. The molecular formula is C30H28O11. The number of Topliss-reactive ketones (excluding diaryl/α,β-unsaturated/α-hetero) is 2. The zero-order chi connectivity index (χ0) is 29.9. The number of hydrogen-bond donors (Lipinski definition) is 3. The van der Waals surface area contributed by atoms with Gasteiger partial charge in [0.25, 0.3) is 0 Å². The van der Waals surface area contributed by atoms with E-state index in [9.17, 15) is 34.5 Å². The molecule has 2 heterocycles. The largest absolute Gasteiger partial charge is 0.507 e. The molecule has 0 saturated heterocycles. The lowest BCUT2D eigenvalue weighted by molar-refractivity contribution is -0.153. The lowest BCUT2D eigenvalue weighted by Crippen LogP contribution is -2.45. The van der Waals surface area contributed by atoms with Crippen LogP contribution in [-0.2, 0) is 30.1 Å². The normalized spacial score (nSPS) is 20.1. The van der Waals surface area contributed by atoms with Crippen molar-refractivity contribution in [3.8, 4) is 11.5 Å². The Kier molecular flexibility index (Phi) is 6.65. The fourth-order valence-electron chi connectivity index (χ4n) is 5.51. The van der Waals surface area contributed by atoms with E-state index in [4.69, 9.17) is 18.3 Å². The van der Waals surface area contributed by atoms with Gasteiger partial charge in [-0.1, -0.05) is 0 Å². The summed E-state index contributed by atoms with van der Waals surface area (Å²) in [4.78, 5) is 47.9. The van der Waals surface area contributed by atoms with Gasteiger partial charge in [0.2, 0.25) is 0 Å². The summed E-state index contributed by atoms with van der Waals surface area (Å²) in [5.74, 6) is -2.31. The van der Waals surface area contributed by atoms with Gasteiger partial charge in [-0.3, -0.25) is 19.2 Å². The van der Waals surface area contributed by atoms with Gasteiger partial charge in [-0.15, -0.1) is 0 Å². The van der Waals surface area contributed by atoms with Crippen molar-refractivity contribution in [1.82, 2.24) is 0 Å². The van der Waals surface area contributed by atoms with E-state index in [-0.39, 0.29) is 70.5 Å². The van der Waals surface area contributed by atoms with Crippen LogP contribution in [0.15, 0.2) is 39.2 Å². The smallest absolute Gasteiger partial charge is 0.302 e. The number of phenols is 2. The first-order valence-electron chi connectivity index (χ1n) is 12.8. The Balaban J connectivity index is 1.83. The number of phenolic OH excluding ortho intramolecular Hbond substituents is 2. The molecule has 11 heteroatoms. The van der Waals surface area contributed by atoms with Crippen LogP contribution in [0.5, 0.6) is 11.5 Å². The Morgan fingerprint density at radius 3 is 1.98 bits per heavy atom. The van der Waals surface area contributed by atoms with Crippen molar-refractivity contribution < 1.29 is 52.8 Å². The molecule has 41 heavy (non-hydrogen) atoms. The number of aromatic hydroxyl groups is 2. The Morgan fingerprint density at radius 2 is 1.37 bits per heavy atom. The summed E-state index contributed by atoms with van der Waals surface area (Å²) in [6, 6.07) is 7.11. The quantitative estimate of drug-likeness (QED) is 0.214. The van der Waals surface area contributed by atoms with E-state index in [0.717, 1.165) is 0 Å². The summed E-state index contributed by atoms with van der Waals surface area (Å²) in [6.45, 7) is 4.32. The van der Waals surface area contributed by atoms with E-state index in [1.54, 1.807) is 6.07 Å². The molecule has 2 atom stereocenters. The molecule has 5 rings (SSSR count). The molecule has 2 aromatic heterocycles. The second-order valence-electron chi connectivity index (χ2n) is 10.5. The lowest BCUT2D eigenvalue weighted by atomic mass is 9.66. The van der Waals surface area contributed by atoms with Crippen LogP contribution < -0.4 is 0 Å². The number of esters is 2. The monoisotopic (exact) mass is 564 g/mol. The molecule has 1 aliphatic carbocycles. The summed E-state index contributed by atoms with van der Waals surface area (Å²) in [5, 5.41) is 33.6. The molecule has 214 valence electrons. The van der Waals surface area contributed by atoms with Crippen LogP contribution in [0.2, 0.25) is 0 Å². The number of benzene rings is 2. The van der Waals surface area contributed by atoms with Gasteiger partial charge in [-0.2, -0.15) is 0 Å². The molecule has 1 aliphatic rings. The third-order valence-electron chi connectivity index (χ3n) is 7.57. The summed E-state index contributed by atoms with van der Waals surface area (Å²) in [6.07, 6.45) is 0.0706. The fourth-order valence-corrected chi connectivity index (χ4v) is 5.51. The highest BCUT2D eigenvalue weighted by molar-refractivity contribution is 6.02. The Hall–Kier alpha value is -4.64. The molecule has 11 nitrogen and oxygen atoms in total. The van der Waals surface area contributed by atoms with Crippen LogP contribution in [0.25, 0.3) is 21.9 Å². The molecular weight excluding hydrogens is 536 g/mol. The van der Waals surface area contributed by atoms with Gasteiger partial charge in [0.05, 0.1) is 16.5 Å². The zero-order valence-corrected chi connectivity index (χ0v) is 22.8. The summed E-state index contributed by atoms with van der Waals surface area (Å²) in [7, 11) is 0. The Bertz CT molecular complexity index is 1760. The summed E-state index contributed by atoms with van der Waals surface area (Å²) >= 11 is 0. The minimum Gasteiger partial charge on any atom is -0.507 e. The average molecular weight is 565 g/mol. The van der Waals surface area contributed by atoms with E-state index in [2.05, 4.69) is 0 Å². The first kappa shape index (κ1) is 27.9. The zero-order valence-electron chi connectivity index (χ0n) is 22.8. The van der Waals surface area contributed by atoms with Crippen LogP contribution in [0, 0.1) is 0 Å². The molecule has 3 N–H and O–H groups in total. The highest BCUT2D eigenvalue weighted by Crippen LogP contribution is 2.54. The fraction of sp³-hybridized carbons (Fsp3) is 0.333. The van der Waals surface area contributed by atoms with Gasteiger partial charge in [0.15, 0.2) is 17.2 Å². The lowest BCUT2D eigenvalue weighted by Gasteiger charge is -2.41. The molecule has 2 aromatic carbocycles. The standard InChI is InChI=1S/C30H28O11/c1-14(31)19-10-24-18(7-22(19)35)8-26(40-24)29(12-38-16(3)33)5-6-30(37,13-39-17(4)34)28-27(29)21-9-23(36)20(15(2)32)11-25(21)41-28/h7-11,35-37H,5-6,12-13H2,1-4H3. The number of rotatable bonds is 7. The number of hydrogen-bond acceptors (Lipinski definition) is 11. The Morgan fingerprint density at radius 1 is 0.780 bits per heavy atom. The highest BCUT2D eigenvalue weighted by atomic mass is 16.5. The summed E-state index contributed by atoms with van der Waals surface area (Å²) < 4.78 is 23.1. The minimum absolute atomic E-state index is 0.00585. The third kappa shape index (κ3) is 4.61. The number of ketones is 2. The average Bonchev–Trinajstić information content (AvgIpc) is 3.48. The predicted octanol–water partition coefficient (Wildman–Crippen LogP) is 4.39. The van der Waals surface area contributed by atoms with Gasteiger partial charge < -0.3 is 33.6 Å². The molecule has 0 fully saturated rings. The second kappa shape index (κ2) is 9.77. The van der Waals surface area contributed by atoms with Crippen molar-refractivity contribution >= 4 is 45.4 Å². The molecule has 0 saturated carbocycles. The van der Waals surface area contributed by atoms with E-state index >= 15 is 0 Å². The van der Waals surface area contributed by atoms with Crippen LogP contribution in [0.3, 0.4) is 0 Å². The maximum absolute atomic E-state index is 12.2. The SMILES string of the molecule is CC(=O)OCC1(O)CCC(COC(C)=O)(c2cc3cc(O)c(C(C)=O)cc3o2)c2c1oc1cc(C(C)=O)c(O)cc21. The van der Waals surface area contributed by atoms with Crippen LogP contribution in [0.4, 0.5) is 0 Å². The van der Waals surface area contributed by atoms with Crippen LogP contribution in [0.1, 0.15) is 78.3 Å². The molecule has 4 aromatic rings. The van der Waals surface area contributed by atoms with Crippen molar-refractivity contribution in [1.29, 1.82) is 0 Å². The van der Waals surface area contributed by atoms with E-state index in [1.807, 2.05) is 0 Å².